The van der Waals surface area contributed by atoms with Crippen molar-refractivity contribution < 1.29 is 14.3 Å². The summed E-state index contributed by atoms with van der Waals surface area (Å²) in [5.74, 6) is 0.303. The fourth-order valence-electron chi connectivity index (χ4n) is 3.10. The summed E-state index contributed by atoms with van der Waals surface area (Å²) in [6, 6.07) is 0. The Morgan fingerprint density at radius 3 is 2.74 bits per heavy atom. The van der Waals surface area contributed by atoms with Gasteiger partial charge in [-0.3, -0.25) is 4.79 Å². The van der Waals surface area contributed by atoms with Gasteiger partial charge in [-0.05, 0) is 26.7 Å². The molecule has 1 aliphatic carbocycles. The number of hydrogen-bond donors (Lipinski definition) is 0. The minimum absolute atomic E-state index is 0.0821. The predicted octanol–water partition coefficient (Wildman–Crippen LogP) is 3.26. The molecule has 106 valence electrons. The minimum Gasteiger partial charge on any atom is -0.356 e. The largest absolute Gasteiger partial charge is 0.356 e. The highest BCUT2D eigenvalue weighted by atomic mass is 16.7. The van der Waals surface area contributed by atoms with Gasteiger partial charge in [0.25, 0.3) is 0 Å². The number of carbonyl (C=O) groups excluding carboxylic acids is 1. The summed E-state index contributed by atoms with van der Waals surface area (Å²) in [6.45, 7) is 6.20. The van der Waals surface area contributed by atoms with Crippen LogP contribution in [0.3, 0.4) is 0 Å². The maximum absolute atomic E-state index is 12.5. The molecule has 0 unspecified atom stereocenters. The van der Waals surface area contributed by atoms with Crippen LogP contribution < -0.4 is 0 Å². The quantitative estimate of drug-likeness (QED) is 0.682. The van der Waals surface area contributed by atoms with Crippen LogP contribution in [0.15, 0.2) is 23.3 Å². The molecule has 2 aliphatic rings. The monoisotopic (exact) mass is 264 g/mol. The third kappa shape index (κ3) is 3.15. The molecule has 3 nitrogen and oxygen atoms in total. The molecule has 1 aliphatic heterocycles. The first-order chi connectivity index (χ1) is 9.02. The number of hydrogen-bond acceptors (Lipinski definition) is 3. The van der Waals surface area contributed by atoms with Gasteiger partial charge in [0.15, 0.2) is 6.29 Å². The molecule has 1 saturated heterocycles. The zero-order valence-electron chi connectivity index (χ0n) is 12.3. The Bertz CT molecular complexity index is 408. The van der Waals surface area contributed by atoms with Crippen LogP contribution in [0.1, 0.15) is 40.0 Å². The zero-order valence-corrected chi connectivity index (χ0v) is 12.3. The fourth-order valence-corrected chi connectivity index (χ4v) is 3.10. The Morgan fingerprint density at radius 1 is 1.32 bits per heavy atom. The van der Waals surface area contributed by atoms with Gasteiger partial charge in [-0.1, -0.05) is 30.2 Å². The molecule has 0 amide bonds. The van der Waals surface area contributed by atoms with Crippen LogP contribution >= 0.6 is 0 Å². The predicted molar refractivity (Wildman–Crippen MR) is 74.7 cm³/mol. The van der Waals surface area contributed by atoms with E-state index in [1.165, 1.54) is 11.1 Å². The average Bonchev–Trinajstić information content (AvgIpc) is 2.64. The Kier molecular flexibility index (Phi) is 4.58. The normalized spacial score (nSPS) is 42.0. The second-order valence-corrected chi connectivity index (χ2v) is 5.83. The van der Waals surface area contributed by atoms with Crippen LogP contribution in [0.25, 0.3) is 0 Å². The Labute approximate surface area is 115 Å². The van der Waals surface area contributed by atoms with Crippen molar-refractivity contribution >= 4 is 5.78 Å². The highest BCUT2D eigenvalue weighted by Gasteiger charge is 2.44. The first-order valence-corrected chi connectivity index (χ1v) is 7.07. The van der Waals surface area contributed by atoms with Crippen molar-refractivity contribution in [2.75, 3.05) is 7.11 Å². The fraction of sp³-hybridized carbons (Fsp3) is 0.688. The summed E-state index contributed by atoms with van der Waals surface area (Å²) in [5.41, 5.74) is 2.46. The van der Waals surface area contributed by atoms with Crippen molar-refractivity contribution in [3.8, 4) is 0 Å². The summed E-state index contributed by atoms with van der Waals surface area (Å²) in [6.07, 6.45) is 6.48. The second kappa shape index (κ2) is 6.02. The van der Waals surface area contributed by atoms with E-state index in [2.05, 4.69) is 19.1 Å². The van der Waals surface area contributed by atoms with Crippen molar-refractivity contribution in [2.45, 2.75) is 52.4 Å². The number of Topliss-reactive ketones (excluding diaryl/α,β-unsaturated/α-hetero) is 1. The third-order valence-corrected chi connectivity index (χ3v) is 4.18. The van der Waals surface area contributed by atoms with Crippen molar-refractivity contribution in [1.29, 1.82) is 0 Å². The molecular formula is C16H24O3. The van der Waals surface area contributed by atoms with Gasteiger partial charge in [0.1, 0.15) is 5.78 Å². The van der Waals surface area contributed by atoms with E-state index in [1.807, 2.05) is 13.8 Å². The smallest absolute Gasteiger partial charge is 0.161 e. The van der Waals surface area contributed by atoms with Crippen molar-refractivity contribution in [1.82, 2.24) is 0 Å². The van der Waals surface area contributed by atoms with Gasteiger partial charge in [0.2, 0.25) is 0 Å². The van der Waals surface area contributed by atoms with Crippen molar-refractivity contribution in [3.05, 3.63) is 23.3 Å². The number of methoxy groups -OCH3 is 1. The average molecular weight is 264 g/mol. The number of ketones is 1. The summed E-state index contributed by atoms with van der Waals surface area (Å²) >= 11 is 0. The molecule has 3 heteroatoms. The maximum Gasteiger partial charge on any atom is 0.161 e. The minimum atomic E-state index is -0.270. The molecule has 2 rings (SSSR count). The first kappa shape index (κ1) is 14.5. The summed E-state index contributed by atoms with van der Waals surface area (Å²) in [7, 11) is 1.64. The Hall–Kier alpha value is -0.930. The lowest BCUT2D eigenvalue weighted by Crippen LogP contribution is -2.28. The first-order valence-electron chi connectivity index (χ1n) is 7.07. The van der Waals surface area contributed by atoms with Crippen LogP contribution in [0.4, 0.5) is 0 Å². The van der Waals surface area contributed by atoms with Gasteiger partial charge in [-0.15, -0.1) is 0 Å². The molecule has 1 heterocycles. The molecule has 4 atom stereocenters. The van der Waals surface area contributed by atoms with Gasteiger partial charge in [-0.2, -0.15) is 0 Å². The molecule has 0 aromatic rings. The van der Waals surface area contributed by atoms with Crippen molar-refractivity contribution in [2.24, 2.45) is 11.8 Å². The molecule has 0 N–H and O–H groups in total. The lowest BCUT2D eigenvalue weighted by molar-refractivity contribution is -0.124. The SMILES string of the molecule is CO[C@H]1O[C@H]2/C=C(\C)CC/C=C(\C)CC(=O)[C@H]2[C@@H]1C. The summed E-state index contributed by atoms with van der Waals surface area (Å²) in [5, 5.41) is 0. The zero-order chi connectivity index (χ0) is 14.0. The van der Waals surface area contributed by atoms with Gasteiger partial charge >= 0.3 is 0 Å². The van der Waals surface area contributed by atoms with Gasteiger partial charge < -0.3 is 9.47 Å². The van der Waals surface area contributed by atoms with Crippen LogP contribution in [-0.2, 0) is 14.3 Å². The highest BCUT2D eigenvalue weighted by Crippen LogP contribution is 2.36. The number of carbonyl (C=O) groups is 1. The topological polar surface area (TPSA) is 35.5 Å². The second-order valence-electron chi connectivity index (χ2n) is 5.83. The van der Waals surface area contributed by atoms with Crippen LogP contribution in [0, 0.1) is 11.8 Å². The Morgan fingerprint density at radius 2 is 2.05 bits per heavy atom. The molecule has 1 fully saturated rings. The lowest BCUT2D eigenvalue weighted by atomic mass is 9.83. The molecule has 0 saturated carbocycles. The lowest BCUT2D eigenvalue weighted by Gasteiger charge is -2.19. The van der Waals surface area contributed by atoms with E-state index in [0.29, 0.717) is 6.42 Å². The van der Waals surface area contributed by atoms with Gasteiger partial charge in [0.05, 0.1) is 12.0 Å². The molecule has 0 radical (unpaired) electrons. The molecule has 19 heavy (non-hydrogen) atoms. The number of fused-ring (bicyclic) bond motifs is 1. The maximum atomic E-state index is 12.5. The molecule has 0 aromatic heterocycles. The summed E-state index contributed by atoms with van der Waals surface area (Å²) in [4.78, 5) is 12.5. The van der Waals surface area contributed by atoms with Crippen LogP contribution in [-0.4, -0.2) is 25.3 Å². The van der Waals surface area contributed by atoms with E-state index < -0.39 is 0 Å². The van der Waals surface area contributed by atoms with Crippen molar-refractivity contribution in [3.63, 3.8) is 0 Å². The van der Waals surface area contributed by atoms with E-state index in [-0.39, 0.29) is 30.0 Å². The number of rotatable bonds is 1. The van der Waals surface area contributed by atoms with Crippen LogP contribution in [0.5, 0.6) is 0 Å². The van der Waals surface area contributed by atoms with E-state index >= 15 is 0 Å². The number of ether oxygens (including phenoxy) is 2. The standard InChI is InChI=1S/C16H24O3/c1-10-6-5-7-11(2)9-14-15(13(17)8-10)12(3)16(18-4)19-14/h6,9,12,14-16H,5,7-8H2,1-4H3/b10-6+,11-9+/t12-,14-,15+,16-/m0/s1. The molecular weight excluding hydrogens is 240 g/mol. The molecule has 0 spiro atoms. The van der Waals surface area contributed by atoms with Crippen LogP contribution in [0.2, 0.25) is 0 Å². The molecule has 0 bridgehead atoms. The van der Waals surface area contributed by atoms with E-state index in [1.54, 1.807) is 7.11 Å². The van der Waals surface area contributed by atoms with E-state index in [0.717, 1.165) is 12.8 Å². The number of allylic oxidation sites excluding steroid dienone is 3. The third-order valence-electron chi connectivity index (χ3n) is 4.18. The van der Waals surface area contributed by atoms with Gasteiger partial charge in [-0.25, -0.2) is 0 Å². The molecule has 0 aromatic carbocycles. The van der Waals surface area contributed by atoms with E-state index in [9.17, 15) is 4.79 Å². The summed E-state index contributed by atoms with van der Waals surface area (Å²) < 4.78 is 11.2. The Balaban J connectivity index is 2.29. The van der Waals surface area contributed by atoms with E-state index in [4.69, 9.17) is 9.47 Å². The highest BCUT2D eigenvalue weighted by molar-refractivity contribution is 5.84. The van der Waals surface area contributed by atoms with Gasteiger partial charge in [0, 0.05) is 19.4 Å².